The predicted octanol–water partition coefficient (Wildman–Crippen LogP) is 0.450. The summed E-state index contributed by atoms with van der Waals surface area (Å²) in [6.07, 6.45) is 3.06. The van der Waals surface area contributed by atoms with E-state index in [0.717, 1.165) is 13.1 Å². The first kappa shape index (κ1) is 13.3. The number of nitrogens with zero attached hydrogens (tertiary/aromatic N) is 3. The van der Waals surface area contributed by atoms with Gasteiger partial charge >= 0.3 is 0 Å². The van der Waals surface area contributed by atoms with Crippen LogP contribution >= 0.6 is 11.6 Å². The highest BCUT2D eigenvalue weighted by Crippen LogP contribution is 2.18. The van der Waals surface area contributed by atoms with Gasteiger partial charge in [0.15, 0.2) is 0 Å². The van der Waals surface area contributed by atoms with Crippen LogP contribution in [-0.2, 0) is 0 Å². The zero-order valence-corrected chi connectivity index (χ0v) is 11.1. The molecule has 2 N–H and O–H groups in total. The van der Waals surface area contributed by atoms with Crippen molar-refractivity contribution in [3.05, 3.63) is 29.0 Å². The summed E-state index contributed by atoms with van der Waals surface area (Å²) in [5.41, 5.74) is 6.24. The van der Waals surface area contributed by atoms with E-state index in [2.05, 4.69) is 9.88 Å². The van der Waals surface area contributed by atoms with Crippen LogP contribution in [0, 0.1) is 0 Å². The van der Waals surface area contributed by atoms with E-state index in [-0.39, 0.29) is 11.9 Å². The quantitative estimate of drug-likeness (QED) is 0.846. The second-order valence-corrected chi connectivity index (χ2v) is 4.91. The zero-order chi connectivity index (χ0) is 13.1. The number of hydrogen-bond donors (Lipinski definition) is 1. The monoisotopic (exact) mass is 268 g/mol. The van der Waals surface area contributed by atoms with Gasteiger partial charge in [0.2, 0.25) is 0 Å². The molecule has 0 spiro atoms. The average molecular weight is 269 g/mol. The van der Waals surface area contributed by atoms with Crippen LogP contribution in [0.3, 0.4) is 0 Å². The van der Waals surface area contributed by atoms with Crippen molar-refractivity contribution in [3.63, 3.8) is 0 Å². The van der Waals surface area contributed by atoms with Gasteiger partial charge in [-0.2, -0.15) is 0 Å². The summed E-state index contributed by atoms with van der Waals surface area (Å²) in [5.74, 6) is -0.0639. The molecule has 1 aromatic heterocycles. The fourth-order valence-electron chi connectivity index (χ4n) is 2.18. The van der Waals surface area contributed by atoms with Crippen LogP contribution in [0.2, 0.25) is 5.02 Å². The van der Waals surface area contributed by atoms with Crippen molar-refractivity contribution in [1.82, 2.24) is 14.8 Å². The summed E-state index contributed by atoms with van der Waals surface area (Å²) in [7, 11) is 2.03. The summed E-state index contributed by atoms with van der Waals surface area (Å²) >= 11 is 6.01. The Hall–Kier alpha value is -1.17. The highest BCUT2D eigenvalue weighted by molar-refractivity contribution is 6.33. The lowest BCUT2D eigenvalue weighted by Crippen LogP contribution is -2.56. The molecule has 1 atom stereocenters. The maximum Gasteiger partial charge on any atom is 0.255 e. The molecule has 0 aliphatic carbocycles. The van der Waals surface area contributed by atoms with E-state index in [9.17, 15) is 4.79 Å². The smallest absolute Gasteiger partial charge is 0.255 e. The van der Waals surface area contributed by atoms with E-state index in [1.807, 2.05) is 7.05 Å². The van der Waals surface area contributed by atoms with Crippen molar-refractivity contribution >= 4 is 17.5 Å². The van der Waals surface area contributed by atoms with Gasteiger partial charge in [-0.05, 0) is 13.1 Å². The standard InChI is InChI=1S/C12H17ClN4O/c1-16-4-5-17(9(6-14)8-16)12(18)10-2-3-15-7-11(10)13/h2-3,7,9H,4-6,8,14H2,1H3. The molecule has 6 heteroatoms. The number of nitrogens with two attached hydrogens (primary N) is 1. The molecule has 0 saturated carbocycles. The van der Waals surface area contributed by atoms with Crippen LogP contribution in [0.5, 0.6) is 0 Å². The number of carbonyl (C=O) groups is 1. The summed E-state index contributed by atoms with van der Waals surface area (Å²) < 4.78 is 0. The van der Waals surface area contributed by atoms with Crippen molar-refractivity contribution < 1.29 is 4.79 Å². The van der Waals surface area contributed by atoms with Crippen LogP contribution in [0.15, 0.2) is 18.5 Å². The number of rotatable bonds is 2. The Morgan fingerprint density at radius 2 is 2.39 bits per heavy atom. The average Bonchev–Trinajstić information content (AvgIpc) is 2.38. The Labute approximate surface area is 112 Å². The molecule has 1 saturated heterocycles. The van der Waals surface area contributed by atoms with Gasteiger partial charge in [0.1, 0.15) is 0 Å². The van der Waals surface area contributed by atoms with Gasteiger partial charge < -0.3 is 15.5 Å². The van der Waals surface area contributed by atoms with E-state index in [1.165, 1.54) is 6.20 Å². The number of hydrogen-bond acceptors (Lipinski definition) is 4. The Kier molecular flexibility index (Phi) is 4.16. The van der Waals surface area contributed by atoms with E-state index in [4.69, 9.17) is 17.3 Å². The third kappa shape index (κ3) is 2.63. The minimum absolute atomic E-state index is 0.0421. The summed E-state index contributed by atoms with van der Waals surface area (Å²) in [5, 5.41) is 0.386. The van der Waals surface area contributed by atoms with Gasteiger partial charge in [-0.3, -0.25) is 9.78 Å². The third-order valence-electron chi connectivity index (χ3n) is 3.22. The van der Waals surface area contributed by atoms with Crippen molar-refractivity contribution in [2.45, 2.75) is 6.04 Å². The molecule has 1 unspecified atom stereocenters. The van der Waals surface area contributed by atoms with Crippen molar-refractivity contribution in [1.29, 1.82) is 0 Å². The molecule has 1 fully saturated rings. The van der Waals surface area contributed by atoms with Gasteiger partial charge in [-0.1, -0.05) is 11.6 Å². The minimum atomic E-state index is -0.0639. The van der Waals surface area contributed by atoms with Gasteiger partial charge in [0.05, 0.1) is 16.6 Å². The second-order valence-electron chi connectivity index (χ2n) is 4.51. The topological polar surface area (TPSA) is 62.5 Å². The van der Waals surface area contributed by atoms with Crippen LogP contribution in [-0.4, -0.2) is 60.0 Å². The fourth-order valence-corrected chi connectivity index (χ4v) is 2.38. The van der Waals surface area contributed by atoms with Crippen molar-refractivity contribution in [2.75, 3.05) is 33.2 Å². The highest BCUT2D eigenvalue weighted by atomic mass is 35.5. The van der Waals surface area contributed by atoms with Crippen molar-refractivity contribution in [2.24, 2.45) is 5.73 Å². The molecule has 1 amide bonds. The van der Waals surface area contributed by atoms with Gasteiger partial charge in [0, 0.05) is 38.6 Å². The molecule has 1 aromatic rings. The largest absolute Gasteiger partial charge is 0.332 e. The second kappa shape index (κ2) is 5.65. The van der Waals surface area contributed by atoms with Crippen LogP contribution in [0.4, 0.5) is 0 Å². The van der Waals surface area contributed by atoms with E-state index < -0.39 is 0 Å². The Morgan fingerprint density at radius 1 is 1.61 bits per heavy atom. The molecular weight excluding hydrogens is 252 g/mol. The van der Waals surface area contributed by atoms with Gasteiger partial charge in [0.25, 0.3) is 5.91 Å². The molecule has 0 aromatic carbocycles. The number of carbonyl (C=O) groups excluding carboxylic acids is 1. The fraction of sp³-hybridized carbons (Fsp3) is 0.500. The molecule has 1 aliphatic heterocycles. The number of pyridine rings is 1. The Balaban J connectivity index is 2.20. The molecule has 98 valence electrons. The first-order valence-electron chi connectivity index (χ1n) is 5.92. The van der Waals surface area contributed by atoms with Gasteiger partial charge in [-0.25, -0.2) is 0 Å². The number of piperazine rings is 1. The normalized spacial score (nSPS) is 21.1. The predicted molar refractivity (Wildman–Crippen MR) is 70.6 cm³/mol. The van der Waals surface area contributed by atoms with E-state index in [1.54, 1.807) is 17.2 Å². The van der Waals surface area contributed by atoms with Crippen LogP contribution in [0.1, 0.15) is 10.4 Å². The maximum atomic E-state index is 12.4. The summed E-state index contributed by atoms with van der Waals surface area (Å²) in [6.45, 7) is 2.78. The number of amides is 1. The molecule has 0 radical (unpaired) electrons. The first-order valence-corrected chi connectivity index (χ1v) is 6.30. The lowest BCUT2D eigenvalue weighted by Gasteiger charge is -2.39. The summed E-state index contributed by atoms with van der Waals surface area (Å²) in [4.78, 5) is 20.3. The Morgan fingerprint density at radius 3 is 3.06 bits per heavy atom. The SMILES string of the molecule is CN1CCN(C(=O)c2ccncc2Cl)C(CN)C1. The first-order chi connectivity index (χ1) is 8.63. The molecule has 2 rings (SSSR count). The van der Waals surface area contributed by atoms with Crippen LogP contribution in [0.25, 0.3) is 0 Å². The number of halogens is 1. The molecule has 18 heavy (non-hydrogen) atoms. The molecule has 2 heterocycles. The zero-order valence-electron chi connectivity index (χ0n) is 10.3. The third-order valence-corrected chi connectivity index (χ3v) is 3.52. The molecule has 5 nitrogen and oxygen atoms in total. The van der Waals surface area contributed by atoms with Gasteiger partial charge in [-0.15, -0.1) is 0 Å². The summed E-state index contributed by atoms with van der Waals surface area (Å²) in [6, 6.07) is 1.69. The van der Waals surface area contributed by atoms with Crippen LogP contribution < -0.4 is 5.73 Å². The minimum Gasteiger partial charge on any atom is -0.332 e. The van der Waals surface area contributed by atoms with E-state index in [0.29, 0.717) is 23.7 Å². The highest BCUT2D eigenvalue weighted by Gasteiger charge is 2.29. The Bertz CT molecular complexity index is 440. The lowest BCUT2D eigenvalue weighted by molar-refractivity contribution is 0.0516. The van der Waals surface area contributed by atoms with E-state index >= 15 is 0 Å². The molecule has 1 aliphatic rings. The number of likely N-dealkylation sites (N-methyl/N-ethyl adjacent to an activating group) is 1. The van der Waals surface area contributed by atoms with Crippen molar-refractivity contribution in [3.8, 4) is 0 Å². The molecule has 0 bridgehead atoms. The lowest BCUT2D eigenvalue weighted by atomic mass is 10.1. The maximum absolute atomic E-state index is 12.4. The number of aromatic nitrogens is 1. The molecular formula is C12H17ClN4O.